The van der Waals surface area contributed by atoms with Gasteiger partial charge in [-0.3, -0.25) is 9.97 Å². The fourth-order valence-corrected chi connectivity index (χ4v) is 3.64. The Hall–Kier alpha value is -2.14. The van der Waals surface area contributed by atoms with Crippen molar-refractivity contribution in [3.8, 4) is 5.75 Å². The van der Waals surface area contributed by atoms with Gasteiger partial charge in [0.25, 0.3) is 0 Å². The van der Waals surface area contributed by atoms with Gasteiger partial charge in [-0.1, -0.05) is 6.07 Å². The molecule has 0 bridgehead atoms. The number of aromatic nitrogens is 2. The maximum Gasteiger partial charge on any atom is 0.139 e. The predicted molar refractivity (Wildman–Crippen MR) is 94.6 cm³/mol. The number of nitrogens with zero attached hydrogens (tertiary/aromatic N) is 3. The molecule has 2 aliphatic rings. The van der Waals surface area contributed by atoms with Gasteiger partial charge in [0.05, 0.1) is 18.1 Å². The zero-order valence-corrected chi connectivity index (χ0v) is 13.9. The van der Waals surface area contributed by atoms with Crippen LogP contribution in [0.4, 0.5) is 5.69 Å². The minimum absolute atomic E-state index is 0.482. The van der Waals surface area contributed by atoms with Crippen LogP contribution in [0.25, 0.3) is 0 Å². The molecule has 4 rings (SSSR count). The molecule has 126 valence electrons. The van der Waals surface area contributed by atoms with E-state index in [1.807, 2.05) is 30.9 Å². The Labute approximate surface area is 143 Å². The Morgan fingerprint density at radius 1 is 1.21 bits per heavy atom. The van der Waals surface area contributed by atoms with E-state index in [0.717, 1.165) is 44.1 Å². The maximum atomic E-state index is 5.94. The number of hydrogen-bond donors (Lipinski definition) is 1. The molecule has 2 aliphatic heterocycles. The molecule has 0 amide bonds. The zero-order chi connectivity index (χ0) is 16.2. The summed E-state index contributed by atoms with van der Waals surface area (Å²) < 4.78 is 5.94. The van der Waals surface area contributed by atoms with Crippen LogP contribution in [0.2, 0.25) is 0 Å². The minimum atomic E-state index is 0.482. The molecule has 0 spiro atoms. The van der Waals surface area contributed by atoms with E-state index in [1.165, 1.54) is 18.4 Å². The summed E-state index contributed by atoms with van der Waals surface area (Å²) in [5.74, 6) is 1.41. The van der Waals surface area contributed by atoms with Gasteiger partial charge < -0.3 is 15.0 Å². The number of nitrogens with one attached hydrogen (secondary N) is 1. The van der Waals surface area contributed by atoms with Crippen LogP contribution >= 0.6 is 0 Å². The second-order valence-electron chi connectivity index (χ2n) is 6.70. The van der Waals surface area contributed by atoms with Crippen LogP contribution in [-0.4, -0.2) is 42.3 Å². The van der Waals surface area contributed by atoms with E-state index < -0.39 is 0 Å². The molecule has 2 aromatic rings. The van der Waals surface area contributed by atoms with Gasteiger partial charge in [0, 0.05) is 43.5 Å². The Balaban J connectivity index is 1.38. The number of ether oxygens (including phenoxy) is 1. The molecule has 2 atom stereocenters. The number of anilines is 1. The topological polar surface area (TPSA) is 50.3 Å². The van der Waals surface area contributed by atoms with Crippen LogP contribution in [0.5, 0.6) is 5.75 Å². The summed E-state index contributed by atoms with van der Waals surface area (Å²) in [6, 6.07) is 6.79. The molecule has 2 saturated heterocycles. The van der Waals surface area contributed by atoms with Crippen LogP contribution in [0, 0.1) is 0 Å². The Bertz CT molecular complexity index is 657. The average molecular weight is 324 g/mol. The molecule has 0 unspecified atom stereocenters. The van der Waals surface area contributed by atoms with E-state index in [1.54, 1.807) is 0 Å². The molecule has 0 radical (unpaired) electrons. The lowest BCUT2D eigenvalue weighted by Crippen LogP contribution is -2.28. The fraction of sp³-hybridized carbons (Fsp3) is 0.474. The quantitative estimate of drug-likeness (QED) is 0.916. The number of pyridine rings is 2. The second-order valence-corrected chi connectivity index (χ2v) is 6.70. The van der Waals surface area contributed by atoms with Gasteiger partial charge in [0.15, 0.2) is 0 Å². The summed E-state index contributed by atoms with van der Waals surface area (Å²) in [7, 11) is 0. The van der Waals surface area contributed by atoms with Crippen molar-refractivity contribution in [2.24, 2.45) is 0 Å². The lowest BCUT2D eigenvalue weighted by molar-refractivity contribution is 0.276. The summed E-state index contributed by atoms with van der Waals surface area (Å²) in [4.78, 5) is 11.0. The van der Waals surface area contributed by atoms with Crippen molar-refractivity contribution in [3.63, 3.8) is 0 Å². The van der Waals surface area contributed by atoms with E-state index >= 15 is 0 Å². The molecule has 24 heavy (non-hydrogen) atoms. The third-order valence-electron chi connectivity index (χ3n) is 5.02. The summed E-state index contributed by atoms with van der Waals surface area (Å²) in [5.41, 5.74) is 2.48. The van der Waals surface area contributed by atoms with Gasteiger partial charge in [-0.05, 0) is 37.4 Å². The van der Waals surface area contributed by atoms with Crippen molar-refractivity contribution in [1.29, 1.82) is 0 Å². The third-order valence-corrected chi connectivity index (χ3v) is 5.02. The first-order valence-corrected chi connectivity index (χ1v) is 8.84. The van der Waals surface area contributed by atoms with Crippen LogP contribution in [0.3, 0.4) is 0 Å². The van der Waals surface area contributed by atoms with E-state index in [-0.39, 0.29) is 0 Å². The first kappa shape index (κ1) is 15.4. The van der Waals surface area contributed by atoms with E-state index in [0.29, 0.717) is 12.0 Å². The maximum absolute atomic E-state index is 5.94. The van der Waals surface area contributed by atoms with Crippen molar-refractivity contribution in [3.05, 3.63) is 48.5 Å². The van der Waals surface area contributed by atoms with Crippen LogP contribution in [-0.2, 0) is 0 Å². The highest BCUT2D eigenvalue weighted by molar-refractivity contribution is 5.49. The third kappa shape index (κ3) is 3.51. The van der Waals surface area contributed by atoms with Crippen molar-refractivity contribution < 1.29 is 4.74 Å². The van der Waals surface area contributed by atoms with Crippen LogP contribution in [0.15, 0.2) is 43.0 Å². The fourth-order valence-electron chi connectivity index (χ4n) is 3.64. The Kier molecular flexibility index (Phi) is 4.60. The lowest BCUT2D eigenvalue weighted by Gasteiger charge is -2.19. The Morgan fingerprint density at radius 3 is 3.04 bits per heavy atom. The van der Waals surface area contributed by atoms with E-state index in [4.69, 9.17) is 4.74 Å². The van der Waals surface area contributed by atoms with Crippen LogP contribution in [0.1, 0.15) is 30.7 Å². The van der Waals surface area contributed by atoms with Crippen LogP contribution < -0.4 is 15.0 Å². The molecule has 2 aromatic heterocycles. The number of rotatable bonds is 5. The predicted octanol–water partition coefficient (Wildman–Crippen LogP) is 2.60. The first-order chi connectivity index (χ1) is 11.9. The summed E-state index contributed by atoms with van der Waals surface area (Å²) in [5, 5.41) is 3.46. The van der Waals surface area contributed by atoms with Crippen molar-refractivity contribution in [2.45, 2.75) is 31.2 Å². The zero-order valence-electron chi connectivity index (χ0n) is 13.9. The van der Waals surface area contributed by atoms with Gasteiger partial charge in [0.2, 0.25) is 0 Å². The molecule has 1 N–H and O–H groups in total. The van der Waals surface area contributed by atoms with Crippen molar-refractivity contribution in [1.82, 2.24) is 15.3 Å². The molecule has 4 heterocycles. The van der Waals surface area contributed by atoms with E-state index in [2.05, 4.69) is 32.3 Å². The standard InChI is InChI=1S/C19H24N4O/c1-3-15(10-20-6-1)16-5-8-23(13-16)18-9-19(12-21-11-18)24-14-17-4-2-7-22-17/h1,3,6,9-12,16-17,22H,2,4-5,7-8,13-14H2/t16-,17+/m1/s1. The highest BCUT2D eigenvalue weighted by atomic mass is 16.5. The van der Waals surface area contributed by atoms with Gasteiger partial charge in [-0.15, -0.1) is 0 Å². The molecule has 2 fully saturated rings. The highest BCUT2D eigenvalue weighted by Crippen LogP contribution is 2.31. The molecular weight excluding hydrogens is 300 g/mol. The minimum Gasteiger partial charge on any atom is -0.490 e. The normalized spacial score (nSPS) is 23.6. The smallest absolute Gasteiger partial charge is 0.139 e. The molecule has 0 aliphatic carbocycles. The molecular formula is C19H24N4O. The summed E-state index contributed by atoms with van der Waals surface area (Å²) in [6.07, 6.45) is 11.2. The van der Waals surface area contributed by atoms with Gasteiger partial charge >= 0.3 is 0 Å². The van der Waals surface area contributed by atoms with E-state index in [9.17, 15) is 0 Å². The molecule has 0 aromatic carbocycles. The first-order valence-electron chi connectivity index (χ1n) is 8.84. The monoisotopic (exact) mass is 324 g/mol. The summed E-state index contributed by atoms with van der Waals surface area (Å²) in [6.45, 7) is 3.90. The summed E-state index contributed by atoms with van der Waals surface area (Å²) >= 11 is 0. The lowest BCUT2D eigenvalue weighted by atomic mass is 10.0. The largest absolute Gasteiger partial charge is 0.490 e. The molecule has 0 saturated carbocycles. The van der Waals surface area contributed by atoms with Gasteiger partial charge in [-0.25, -0.2) is 0 Å². The van der Waals surface area contributed by atoms with Crippen molar-refractivity contribution >= 4 is 5.69 Å². The second kappa shape index (κ2) is 7.18. The van der Waals surface area contributed by atoms with Crippen molar-refractivity contribution in [2.75, 3.05) is 31.1 Å². The number of hydrogen-bond acceptors (Lipinski definition) is 5. The molecule has 5 heteroatoms. The Morgan fingerprint density at radius 2 is 2.21 bits per heavy atom. The molecule has 5 nitrogen and oxygen atoms in total. The highest BCUT2D eigenvalue weighted by Gasteiger charge is 2.24. The SMILES string of the molecule is c1cncc([C@@H]2CCN(c3cncc(OC[C@@H]4CCCN4)c3)C2)c1. The van der Waals surface area contributed by atoms with Gasteiger partial charge in [0.1, 0.15) is 12.4 Å². The average Bonchev–Trinajstić information content (AvgIpc) is 3.33. The van der Waals surface area contributed by atoms with Gasteiger partial charge in [-0.2, -0.15) is 0 Å².